The molecule has 2 aliphatic rings. The summed E-state index contributed by atoms with van der Waals surface area (Å²) in [6, 6.07) is 4.27. The lowest BCUT2D eigenvalue weighted by atomic mass is 10.1. The predicted octanol–water partition coefficient (Wildman–Crippen LogP) is 1.03. The average molecular weight is 447 g/mol. The Bertz CT molecular complexity index is 964. The van der Waals surface area contributed by atoms with Crippen LogP contribution in [-0.2, 0) is 30.4 Å². The maximum absolute atomic E-state index is 12.9. The van der Waals surface area contributed by atoms with Gasteiger partial charge in [0, 0.05) is 25.1 Å². The van der Waals surface area contributed by atoms with E-state index in [0.717, 1.165) is 17.0 Å². The van der Waals surface area contributed by atoms with E-state index in [0.29, 0.717) is 6.42 Å². The highest BCUT2D eigenvalue weighted by atomic mass is 32.2. The van der Waals surface area contributed by atoms with Crippen LogP contribution in [0.4, 0.5) is 18.9 Å². The fourth-order valence-corrected chi connectivity index (χ4v) is 5.42. The molecule has 2 saturated heterocycles. The highest BCUT2D eigenvalue weighted by Crippen LogP contribution is 2.33. The molecule has 0 spiro atoms. The van der Waals surface area contributed by atoms with Crippen LogP contribution in [0.3, 0.4) is 0 Å². The summed E-state index contributed by atoms with van der Waals surface area (Å²) < 4.78 is 61.5. The molecule has 1 aromatic rings. The van der Waals surface area contributed by atoms with Crippen LogP contribution in [0, 0.1) is 11.8 Å². The Labute approximate surface area is 170 Å². The molecule has 3 amide bonds. The van der Waals surface area contributed by atoms with Gasteiger partial charge in [0.15, 0.2) is 9.84 Å². The van der Waals surface area contributed by atoms with Gasteiger partial charge in [0.25, 0.3) is 0 Å². The third-order valence-corrected chi connectivity index (χ3v) is 6.94. The maximum atomic E-state index is 12.9. The van der Waals surface area contributed by atoms with Crippen molar-refractivity contribution in [2.45, 2.75) is 25.4 Å². The minimum atomic E-state index is -4.56. The lowest BCUT2D eigenvalue weighted by Gasteiger charge is -2.18. The molecule has 0 saturated carbocycles. The van der Waals surface area contributed by atoms with E-state index >= 15 is 0 Å². The minimum absolute atomic E-state index is 0.0346. The van der Waals surface area contributed by atoms with Gasteiger partial charge in [-0.1, -0.05) is 6.07 Å². The summed E-state index contributed by atoms with van der Waals surface area (Å²) >= 11 is 0. The number of hydrogen-bond acceptors (Lipinski definition) is 5. The van der Waals surface area contributed by atoms with E-state index in [4.69, 9.17) is 0 Å². The maximum Gasteiger partial charge on any atom is 0.416 e. The molecular formula is C18H20F3N3O5S. The van der Waals surface area contributed by atoms with E-state index in [2.05, 4.69) is 10.9 Å². The average Bonchev–Trinajstić information content (AvgIpc) is 3.21. The van der Waals surface area contributed by atoms with Crippen molar-refractivity contribution in [1.29, 1.82) is 0 Å². The molecule has 0 aliphatic carbocycles. The van der Waals surface area contributed by atoms with Crippen molar-refractivity contribution in [3.05, 3.63) is 29.8 Å². The molecule has 2 unspecified atom stereocenters. The Kier molecular flexibility index (Phi) is 6.06. The zero-order valence-electron chi connectivity index (χ0n) is 15.7. The molecule has 12 heteroatoms. The highest BCUT2D eigenvalue weighted by Gasteiger charge is 2.37. The number of nitrogens with one attached hydrogen (secondary N) is 2. The van der Waals surface area contributed by atoms with Crippen LogP contribution in [0.25, 0.3) is 0 Å². The van der Waals surface area contributed by atoms with Gasteiger partial charge in [0.2, 0.25) is 17.7 Å². The first-order valence-corrected chi connectivity index (χ1v) is 11.0. The number of anilines is 1. The molecule has 2 fully saturated rings. The van der Waals surface area contributed by atoms with Gasteiger partial charge in [-0.05, 0) is 30.5 Å². The van der Waals surface area contributed by atoms with Gasteiger partial charge < -0.3 is 4.90 Å². The Hall–Kier alpha value is -2.63. The molecule has 2 aliphatic heterocycles. The van der Waals surface area contributed by atoms with Gasteiger partial charge in [-0.25, -0.2) is 8.42 Å². The summed E-state index contributed by atoms with van der Waals surface area (Å²) in [6.45, 7) is -0.122. The first kappa shape index (κ1) is 22.1. The first-order chi connectivity index (χ1) is 13.9. The smallest absolute Gasteiger partial charge is 0.312 e. The van der Waals surface area contributed by atoms with E-state index in [1.54, 1.807) is 0 Å². The molecule has 0 bridgehead atoms. The molecule has 2 N–H and O–H groups in total. The van der Waals surface area contributed by atoms with Gasteiger partial charge in [-0.2, -0.15) is 13.2 Å². The number of sulfone groups is 1. The van der Waals surface area contributed by atoms with Crippen LogP contribution in [0.15, 0.2) is 24.3 Å². The number of alkyl halides is 3. The number of rotatable bonds is 4. The summed E-state index contributed by atoms with van der Waals surface area (Å²) in [5.41, 5.74) is 3.54. The summed E-state index contributed by atoms with van der Waals surface area (Å²) in [7, 11) is -3.12. The van der Waals surface area contributed by atoms with Gasteiger partial charge in [0.1, 0.15) is 0 Å². The van der Waals surface area contributed by atoms with Gasteiger partial charge in [0.05, 0.1) is 23.0 Å². The number of halogens is 3. The van der Waals surface area contributed by atoms with E-state index in [1.165, 1.54) is 12.1 Å². The fraction of sp³-hybridized carbons (Fsp3) is 0.500. The van der Waals surface area contributed by atoms with Crippen molar-refractivity contribution in [1.82, 2.24) is 10.9 Å². The first-order valence-electron chi connectivity index (χ1n) is 9.21. The van der Waals surface area contributed by atoms with Crippen molar-refractivity contribution in [3.8, 4) is 0 Å². The van der Waals surface area contributed by atoms with Crippen molar-refractivity contribution in [3.63, 3.8) is 0 Å². The van der Waals surface area contributed by atoms with Crippen LogP contribution in [0.2, 0.25) is 0 Å². The quantitative estimate of drug-likeness (QED) is 0.670. The zero-order valence-corrected chi connectivity index (χ0v) is 16.6. The standard InChI is InChI=1S/C18H20F3N3O5S/c19-18(20,21)13-2-1-3-14(8-13)24-9-12(7-16(24)26)17(27)23-22-15(25)6-11-4-5-30(28,29)10-11/h1-3,8,11-12H,4-7,9-10H2,(H,22,25)(H,23,27). The van der Waals surface area contributed by atoms with Crippen LogP contribution in [0.5, 0.6) is 0 Å². The van der Waals surface area contributed by atoms with Crippen molar-refractivity contribution in [2.75, 3.05) is 23.0 Å². The van der Waals surface area contributed by atoms with Gasteiger partial charge >= 0.3 is 6.18 Å². The monoisotopic (exact) mass is 447 g/mol. The summed E-state index contributed by atoms with van der Waals surface area (Å²) in [4.78, 5) is 37.5. The summed E-state index contributed by atoms with van der Waals surface area (Å²) in [6.07, 6.45) is -4.44. The summed E-state index contributed by atoms with van der Waals surface area (Å²) in [5.74, 6) is -2.90. The Morgan fingerprint density at radius 2 is 1.93 bits per heavy atom. The van der Waals surface area contributed by atoms with E-state index in [1.807, 2.05) is 0 Å². The molecule has 164 valence electrons. The second-order valence-electron chi connectivity index (χ2n) is 7.46. The van der Waals surface area contributed by atoms with E-state index in [9.17, 15) is 36.0 Å². The largest absolute Gasteiger partial charge is 0.416 e. The number of carbonyl (C=O) groups is 3. The van der Waals surface area contributed by atoms with Crippen molar-refractivity contribution < 1.29 is 36.0 Å². The Morgan fingerprint density at radius 1 is 1.20 bits per heavy atom. The van der Waals surface area contributed by atoms with Gasteiger partial charge in [-0.3, -0.25) is 25.2 Å². The molecule has 3 rings (SSSR count). The normalized spacial score (nSPS) is 23.4. The lowest BCUT2D eigenvalue weighted by molar-refractivity contribution is -0.137. The minimum Gasteiger partial charge on any atom is -0.312 e. The second kappa shape index (κ2) is 8.25. The Morgan fingerprint density at radius 3 is 2.57 bits per heavy atom. The van der Waals surface area contributed by atoms with Gasteiger partial charge in [-0.15, -0.1) is 0 Å². The SMILES string of the molecule is O=C(CC1CCS(=O)(=O)C1)NNC(=O)C1CC(=O)N(c2cccc(C(F)(F)F)c2)C1. The zero-order chi connectivity index (χ0) is 22.1. The topological polar surface area (TPSA) is 113 Å². The third kappa shape index (κ3) is 5.29. The molecular weight excluding hydrogens is 427 g/mol. The summed E-state index contributed by atoms with van der Waals surface area (Å²) in [5, 5.41) is 0. The molecule has 0 aromatic heterocycles. The van der Waals surface area contributed by atoms with Crippen LogP contribution in [0.1, 0.15) is 24.8 Å². The number of benzene rings is 1. The lowest BCUT2D eigenvalue weighted by Crippen LogP contribution is -2.45. The van der Waals surface area contributed by atoms with E-state index < -0.39 is 45.2 Å². The van der Waals surface area contributed by atoms with Crippen molar-refractivity contribution in [2.24, 2.45) is 11.8 Å². The molecule has 2 atom stereocenters. The van der Waals surface area contributed by atoms with Crippen LogP contribution in [-0.4, -0.2) is 44.2 Å². The molecule has 2 heterocycles. The number of amides is 3. The fourth-order valence-electron chi connectivity index (χ4n) is 3.56. The van der Waals surface area contributed by atoms with E-state index in [-0.39, 0.29) is 42.5 Å². The number of hydrazine groups is 1. The number of hydrogen-bond donors (Lipinski definition) is 2. The van der Waals surface area contributed by atoms with Crippen LogP contribution < -0.4 is 15.8 Å². The molecule has 30 heavy (non-hydrogen) atoms. The number of nitrogens with zero attached hydrogens (tertiary/aromatic N) is 1. The second-order valence-corrected chi connectivity index (χ2v) is 9.69. The highest BCUT2D eigenvalue weighted by molar-refractivity contribution is 7.91. The third-order valence-electron chi connectivity index (χ3n) is 5.11. The van der Waals surface area contributed by atoms with Crippen molar-refractivity contribution >= 4 is 33.2 Å². The predicted molar refractivity (Wildman–Crippen MR) is 99.6 cm³/mol. The number of carbonyl (C=O) groups excluding carboxylic acids is 3. The van der Waals surface area contributed by atoms with Crippen LogP contribution >= 0.6 is 0 Å². The Balaban J connectivity index is 1.53. The molecule has 8 nitrogen and oxygen atoms in total. The molecule has 1 aromatic carbocycles. The molecule has 0 radical (unpaired) electrons.